The Kier molecular flexibility index (Phi) is 7.45. The van der Waals surface area contributed by atoms with Crippen molar-refractivity contribution < 1.29 is 22.7 Å². The van der Waals surface area contributed by atoms with Crippen molar-refractivity contribution in [2.24, 2.45) is 0 Å². The van der Waals surface area contributed by atoms with Crippen LogP contribution in [-0.2, 0) is 45.5 Å². The maximum absolute atomic E-state index is 13.2. The first kappa shape index (κ1) is 24.1. The monoisotopic (exact) mass is 498 g/mol. The van der Waals surface area contributed by atoms with Gasteiger partial charge in [0.1, 0.15) is 4.21 Å². The third-order valence-corrected chi connectivity index (χ3v) is 8.93. The highest BCUT2D eigenvalue weighted by Gasteiger charge is 2.34. The van der Waals surface area contributed by atoms with E-state index in [4.69, 9.17) is 4.74 Å². The summed E-state index contributed by atoms with van der Waals surface area (Å²) in [6.07, 6.45) is 1.42. The molecule has 0 aliphatic carbocycles. The first-order valence-corrected chi connectivity index (χ1v) is 13.3. The van der Waals surface area contributed by atoms with Gasteiger partial charge < -0.3 is 9.64 Å². The Morgan fingerprint density at radius 2 is 1.68 bits per heavy atom. The zero-order chi connectivity index (χ0) is 24.1. The van der Waals surface area contributed by atoms with Gasteiger partial charge in [-0.1, -0.05) is 60.7 Å². The zero-order valence-corrected chi connectivity index (χ0v) is 20.5. The molecule has 0 saturated carbocycles. The van der Waals surface area contributed by atoms with Gasteiger partial charge in [0, 0.05) is 24.4 Å². The number of hydrogen-bond acceptors (Lipinski definition) is 6. The second-order valence-electron chi connectivity index (χ2n) is 8.02. The number of benzene rings is 2. The number of rotatable bonds is 8. The van der Waals surface area contributed by atoms with Crippen molar-refractivity contribution in [2.45, 2.75) is 36.6 Å². The SMILES string of the molecule is COC(=O)c1c(S(=O)(=O)NCc2ccccc2)sc2c1CCN(C(=O)CCc1ccccc1)C2. The van der Waals surface area contributed by atoms with Crippen LogP contribution in [0.5, 0.6) is 0 Å². The Labute approximate surface area is 203 Å². The molecule has 0 bridgehead atoms. The lowest BCUT2D eigenvalue weighted by atomic mass is 10.0. The van der Waals surface area contributed by atoms with Crippen LogP contribution in [0.2, 0.25) is 0 Å². The van der Waals surface area contributed by atoms with Crippen LogP contribution in [0.3, 0.4) is 0 Å². The van der Waals surface area contributed by atoms with Gasteiger partial charge >= 0.3 is 5.97 Å². The van der Waals surface area contributed by atoms with E-state index in [0.717, 1.165) is 22.5 Å². The van der Waals surface area contributed by atoms with Crippen LogP contribution >= 0.6 is 11.3 Å². The predicted molar refractivity (Wildman–Crippen MR) is 130 cm³/mol. The molecule has 2 aromatic carbocycles. The average molecular weight is 499 g/mol. The number of aryl methyl sites for hydroxylation is 1. The molecule has 1 amide bonds. The molecule has 0 atom stereocenters. The van der Waals surface area contributed by atoms with Crippen LogP contribution < -0.4 is 4.72 Å². The number of fused-ring (bicyclic) bond motifs is 1. The summed E-state index contributed by atoms with van der Waals surface area (Å²) in [6, 6.07) is 19.0. The van der Waals surface area contributed by atoms with Gasteiger partial charge in [-0.15, -0.1) is 11.3 Å². The maximum Gasteiger partial charge on any atom is 0.340 e. The summed E-state index contributed by atoms with van der Waals surface area (Å²) in [6.45, 7) is 0.820. The van der Waals surface area contributed by atoms with E-state index in [0.29, 0.717) is 36.2 Å². The molecular weight excluding hydrogens is 472 g/mol. The summed E-state index contributed by atoms with van der Waals surface area (Å²) in [4.78, 5) is 27.8. The second kappa shape index (κ2) is 10.5. The number of thiophene rings is 1. The van der Waals surface area contributed by atoms with Crippen LogP contribution in [0.1, 0.15) is 38.3 Å². The molecule has 0 unspecified atom stereocenters. The third-order valence-electron chi connectivity index (χ3n) is 5.79. The van der Waals surface area contributed by atoms with Gasteiger partial charge in [0.2, 0.25) is 5.91 Å². The van der Waals surface area contributed by atoms with Crippen molar-refractivity contribution >= 4 is 33.2 Å². The van der Waals surface area contributed by atoms with Crippen molar-refractivity contribution in [2.75, 3.05) is 13.7 Å². The molecule has 4 rings (SSSR count). The molecule has 9 heteroatoms. The topological polar surface area (TPSA) is 92.8 Å². The Morgan fingerprint density at radius 3 is 2.32 bits per heavy atom. The van der Waals surface area contributed by atoms with E-state index in [1.807, 2.05) is 60.7 Å². The lowest BCUT2D eigenvalue weighted by molar-refractivity contribution is -0.132. The summed E-state index contributed by atoms with van der Waals surface area (Å²) in [5.41, 5.74) is 2.64. The zero-order valence-electron chi connectivity index (χ0n) is 18.8. The second-order valence-corrected chi connectivity index (χ2v) is 11.1. The normalized spacial score (nSPS) is 13.4. The molecule has 0 spiro atoms. The number of nitrogens with one attached hydrogen (secondary N) is 1. The van der Waals surface area contributed by atoms with E-state index in [2.05, 4.69) is 4.72 Å². The molecular formula is C25H26N2O5S2. The Hall–Kier alpha value is -3.01. The molecule has 7 nitrogen and oxygen atoms in total. The maximum atomic E-state index is 13.2. The smallest absolute Gasteiger partial charge is 0.340 e. The fourth-order valence-corrected chi connectivity index (χ4v) is 6.94. The minimum absolute atomic E-state index is 0.00845. The number of hydrogen-bond donors (Lipinski definition) is 1. The van der Waals surface area contributed by atoms with Gasteiger partial charge in [0.05, 0.1) is 19.2 Å². The lowest BCUT2D eigenvalue weighted by Gasteiger charge is -2.27. The highest BCUT2D eigenvalue weighted by atomic mass is 32.2. The summed E-state index contributed by atoms with van der Waals surface area (Å²) < 4.78 is 33.7. The minimum Gasteiger partial charge on any atom is -0.465 e. The fourth-order valence-electron chi connectivity index (χ4n) is 3.98. The number of amides is 1. The number of ether oxygens (including phenoxy) is 1. The molecule has 1 aromatic heterocycles. The molecule has 178 valence electrons. The van der Waals surface area contributed by atoms with Crippen LogP contribution in [0.4, 0.5) is 0 Å². The van der Waals surface area contributed by atoms with Crippen LogP contribution in [0.25, 0.3) is 0 Å². The molecule has 0 saturated heterocycles. The van der Waals surface area contributed by atoms with E-state index >= 15 is 0 Å². The minimum atomic E-state index is -3.96. The molecule has 2 heterocycles. The van der Waals surface area contributed by atoms with Gasteiger partial charge in [0.15, 0.2) is 0 Å². The molecule has 34 heavy (non-hydrogen) atoms. The molecule has 1 aliphatic rings. The average Bonchev–Trinajstić information content (AvgIpc) is 3.27. The van der Waals surface area contributed by atoms with Crippen LogP contribution in [0.15, 0.2) is 64.9 Å². The van der Waals surface area contributed by atoms with E-state index in [9.17, 15) is 18.0 Å². The van der Waals surface area contributed by atoms with E-state index < -0.39 is 16.0 Å². The molecule has 1 N–H and O–H groups in total. The van der Waals surface area contributed by atoms with Gasteiger partial charge in [-0.25, -0.2) is 17.9 Å². The van der Waals surface area contributed by atoms with Crippen molar-refractivity contribution in [3.8, 4) is 0 Å². The number of carbonyl (C=O) groups is 2. The summed E-state index contributed by atoms with van der Waals surface area (Å²) in [5, 5.41) is 0. The van der Waals surface area contributed by atoms with E-state index in [1.165, 1.54) is 7.11 Å². The highest BCUT2D eigenvalue weighted by molar-refractivity contribution is 7.91. The van der Waals surface area contributed by atoms with Gasteiger partial charge in [-0.3, -0.25) is 4.79 Å². The van der Waals surface area contributed by atoms with Crippen molar-refractivity contribution in [1.82, 2.24) is 9.62 Å². The summed E-state index contributed by atoms with van der Waals surface area (Å²) in [7, 11) is -2.72. The molecule has 3 aromatic rings. The first-order valence-electron chi connectivity index (χ1n) is 11.0. The third kappa shape index (κ3) is 5.38. The number of methoxy groups -OCH3 is 1. The van der Waals surface area contributed by atoms with Gasteiger partial charge in [-0.2, -0.15) is 0 Å². The summed E-state index contributed by atoms with van der Waals surface area (Å²) >= 11 is 1.04. The molecule has 0 radical (unpaired) electrons. The number of nitrogens with zero attached hydrogens (tertiary/aromatic N) is 1. The van der Waals surface area contributed by atoms with E-state index in [1.54, 1.807) is 4.90 Å². The Morgan fingerprint density at radius 1 is 1.03 bits per heavy atom. The number of esters is 1. The molecule has 0 fully saturated rings. The fraction of sp³-hybridized carbons (Fsp3) is 0.280. The summed E-state index contributed by atoms with van der Waals surface area (Å²) in [5.74, 6) is -0.671. The predicted octanol–water partition coefficient (Wildman–Crippen LogP) is 3.53. The number of carbonyl (C=O) groups excluding carboxylic acids is 2. The quantitative estimate of drug-likeness (QED) is 0.480. The highest BCUT2D eigenvalue weighted by Crippen LogP contribution is 2.37. The van der Waals surface area contributed by atoms with Crippen LogP contribution in [0, 0.1) is 0 Å². The van der Waals surface area contributed by atoms with E-state index in [-0.39, 0.29) is 28.8 Å². The largest absolute Gasteiger partial charge is 0.465 e. The van der Waals surface area contributed by atoms with Gasteiger partial charge in [0.25, 0.3) is 10.0 Å². The Balaban J connectivity index is 1.53. The lowest BCUT2D eigenvalue weighted by Crippen LogP contribution is -2.35. The van der Waals surface area contributed by atoms with Crippen molar-refractivity contribution in [3.05, 3.63) is 87.8 Å². The van der Waals surface area contributed by atoms with Crippen molar-refractivity contribution in [1.29, 1.82) is 0 Å². The number of sulfonamides is 1. The van der Waals surface area contributed by atoms with Gasteiger partial charge in [-0.05, 0) is 29.5 Å². The standard InChI is InChI=1S/C25H26N2O5S2/c1-32-24(29)23-20-14-15-27(22(28)13-12-18-8-4-2-5-9-18)17-21(20)33-25(23)34(30,31)26-16-19-10-6-3-7-11-19/h2-11,26H,12-17H2,1H3. The Bertz CT molecular complexity index is 1270. The first-order chi connectivity index (χ1) is 16.4. The molecule has 1 aliphatic heterocycles. The van der Waals surface area contributed by atoms with Crippen molar-refractivity contribution in [3.63, 3.8) is 0 Å². The van der Waals surface area contributed by atoms with Crippen LogP contribution in [-0.4, -0.2) is 38.8 Å².